The minimum Gasteiger partial charge on any atom is -0.508 e. The van der Waals surface area contributed by atoms with Crippen molar-refractivity contribution in [2.24, 2.45) is 0 Å². The number of aryl methyl sites for hydroxylation is 1. The molecule has 0 aliphatic heterocycles. The van der Waals surface area contributed by atoms with E-state index in [1.54, 1.807) is 23.9 Å². The summed E-state index contributed by atoms with van der Waals surface area (Å²) < 4.78 is 0. The predicted octanol–water partition coefficient (Wildman–Crippen LogP) is 3.89. The standard InChI is InChI=1S/C17H18ClNO2S/c18-14-6-8-15(9-7-14)22-12-11-19-17(21)10-5-13-3-1-2-4-16(13)20/h1-4,6-9,20H,5,10-12H2,(H,19,21). The van der Waals surface area contributed by atoms with E-state index in [-0.39, 0.29) is 11.7 Å². The number of halogens is 1. The number of rotatable bonds is 7. The number of phenols is 1. The maximum atomic E-state index is 11.8. The summed E-state index contributed by atoms with van der Waals surface area (Å²) in [5.41, 5.74) is 0.799. The zero-order chi connectivity index (χ0) is 15.8. The number of hydrogen-bond acceptors (Lipinski definition) is 3. The number of thioether (sulfide) groups is 1. The largest absolute Gasteiger partial charge is 0.508 e. The van der Waals surface area contributed by atoms with Crippen LogP contribution in [0.1, 0.15) is 12.0 Å². The lowest BCUT2D eigenvalue weighted by molar-refractivity contribution is -0.120. The normalized spacial score (nSPS) is 10.4. The van der Waals surface area contributed by atoms with Crippen molar-refractivity contribution in [3.05, 3.63) is 59.1 Å². The van der Waals surface area contributed by atoms with Crippen LogP contribution in [0.2, 0.25) is 5.02 Å². The van der Waals surface area contributed by atoms with Gasteiger partial charge >= 0.3 is 0 Å². The quantitative estimate of drug-likeness (QED) is 0.596. The van der Waals surface area contributed by atoms with Crippen molar-refractivity contribution >= 4 is 29.3 Å². The first-order chi connectivity index (χ1) is 10.6. The third kappa shape index (κ3) is 5.62. The third-order valence-corrected chi connectivity index (χ3v) is 4.39. The average molecular weight is 336 g/mol. The molecule has 0 radical (unpaired) electrons. The molecule has 2 N–H and O–H groups in total. The van der Waals surface area contributed by atoms with Crippen molar-refractivity contribution in [2.75, 3.05) is 12.3 Å². The van der Waals surface area contributed by atoms with Crippen LogP contribution in [-0.2, 0) is 11.2 Å². The molecule has 22 heavy (non-hydrogen) atoms. The predicted molar refractivity (Wildman–Crippen MR) is 91.6 cm³/mol. The van der Waals surface area contributed by atoms with Gasteiger partial charge in [0, 0.05) is 28.6 Å². The van der Waals surface area contributed by atoms with E-state index in [9.17, 15) is 9.90 Å². The summed E-state index contributed by atoms with van der Waals surface area (Å²) in [7, 11) is 0. The van der Waals surface area contributed by atoms with Crippen LogP contribution in [0.15, 0.2) is 53.4 Å². The summed E-state index contributed by atoms with van der Waals surface area (Å²) in [4.78, 5) is 12.9. The van der Waals surface area contributed by atoms with E-state index in [0.717, 1.165) is 21.2 Å². The Morgan fingerprint density at radius 1 is 1.14 bits per heavy atom. The molecule has 0 saturated heterocycles. The number of amides is 1. The summed E-state index contributed by atoms with van der Waals surface area (Å²) in [6.07, 6.45) is 0.923. The first-order valence-corrected chi connectivity index (χ1v) is 8.43. The van der Waals surface area contributed by atoms with Crippen molar-refractivity contribution in [1.82, 2.24) is 5.32 Å². The van der Waals surface area contributed by atoms with E-state index in [4.69, 9.17) is 11.6 Å². The van der Waals surface area contributed by atoms with Crippen molar-refractivity contribution < 1.29 is 9.90 Å². The number of benzene rings is 2. The Morgan fingerprint density at radius 3 is 2.59 bits per heavy atom. The van der Waals surface area contributed by atoms with E-state index in [1.165, 1.54) is 0 Å². The van der Waals surface area contributed by atoms with Crippen LogP contribution in [0.25, 0.3) is 0 Å². The highest BCUT2D eigenvalue weighted by Crippen LogP contribution is 2.20. The summed E-state index contributed by atoms with van der Waals surface area (Å²) >= 11 is 7.50. The molecule has 0 aromatic heterocycles. The van der Waals surface area contributed by atoms with Gasteiger partial charge in [0.2, 0.25) is 5.91 Å². The number of hydrogen-bond donors (Lipinski definition) is 2. The molecule has 0 spiro atoms. The van der Waals surface area contributed by atoms with Crippen LogP contribution in [0.4, 0.5) is 0 Å². The SMILES string of the molecule is O=C(CCc1ccccc1O)NCCSc1ccc(Cl)cc1. The fourth-order valence-corrected chi connectivity index (χ4v) is 2.84. The molecule has 5 heteroatoms. The van der Waals surface area contributed by atoms with Crippen molar-refractivity contribution in [1.29, 1.82) is 0 Å². The molecule has 1 amide bonds. The van der Waals surface area contributed by atoms with Crippen LogP contribution in [0, 0.1) is 0 Å². The Hall–Kier alpha value is -1.65. The van der Waals surface area contributed by atoms with Crippen molar-refractivity contribution in [2.45, 2.75) is 17.7 Å². The van der Waals surface area contributed by atoms with Crippen LogP contribution >= 0.6 is 23.4 Å². The number of nitrogens with one attached hydrogen (secondary N) is 1. The summed E-state index contributed by atoms with van der Waals surface area (Å²) in [5, 5.41) is 13.2. The molecule has 0 heterocycles. The Kier molecular flexibility index (Phi) is 6.62. The maximum Gasteiger partial charge on any atom is 0.220 e. The molecule has 0 aliphatic rings. The third-order valence-electron chi connectivity index (χ3n) is 3.12. The van der Waals surface area contributed by atoms with Gasteiger partial charge in [0.1, 0.15) is 5.75 Å². The first-order valence-electron chi connectivity index (χ1n) is 7.07. The molecule has 0 bridgehead atoms. The lowest BCUT2D eigenvalue weighted by Gasteiger charge is -2.06. The van der Waals surface area contributed by atoms with Crippen LogP contribution in [0.3, 0.4) is 0 Å². The fourth-order valence-electron chi connectivity index (χ4n) is 1.95. The van der Waals surface area contributed by atoms with Gasteiger partial charge in [-0.25, -0.2) is 0 Å². The molecule has 0 saturated carbocycles. The highest BCUT2D eigenvalue weighted by atomic mass is 35.5. The van der Waals surface area contributed by atoms with E-state index in [2.05, 4.69) is 5.32 Å². The van der Waals surface area contributed by atoms with Gasteiger partial charge in [-0.3, -0.25) is 4.79 Å². The Bertz CT molecular complexity index is 616. The molecular weight excluding hydrogens is 318 g/mol. The second-order valence-electron chi connectivity index (χ2n) is 4.78. The van der Waals surface area contributed by atoms with Gasteiger partial charge in [-0.2, -0.15) is 0 Å². The Balaban J connectivity index is 1.64. The highest BCUT2D eigenvalue weighted by molar-refractivity contribution is 7.99. The van der Waals surface area contributed by atoms with Crippen LogP contribution in [0.5, 0.6) is 5.75 Å². The molecule has 2 rings (SSSR count). The van der Waals surface area contributed by atoms with Crippen molar-refractivity contribution in [3.63, 3.8) is 0 Å². The first kappa shape index (κ1) is 16.7. The number of para-hydroxylation sites is 1. The second-order valence-corrected chi connectivity index (χ2v) is 6.39. The molecule has 116 valence electrons. The second kappa shape index (κ2) is 8.71. The monoisotopic (exact) mass is 335 g/mol. The van der Waals surface area contributed by atoms with Gasteiger partial charge in [0.05, 0.1) is 0 Å². The van der Waals surface area contributed by atoms with Crippen LogP contribution in [-0.4, -0.2) is 23.3 Å². The topological polar surface area (TPSA) is 49.3 Å². The highest BCUT2D eigenvalue weighted by Gasteiger charge is 2.05. The smallest absolute Gasteiger partial charge is 0.220 e. The Labute approximate surface area is 139 Å². The van der Waals surface area contributed by atoms with Gasteiger partial charge in [-0.05, 0) is 42.3 Å². The number of phenolic OH excluding ortho intramolecular Hbond substituents is 1. The molecule has 0 fully saturated rings. The molecule has 3 nitrogen and oxygen atoms in total. The number of aromatic hydroxyl groups is 1. The lowest BCUT2D eigenvalue weighted by Crippen LogP contribution is -2.25. The maximum absolute atomic E-state index is 11.8. The summed E-state index contributed by atoms with van der Waals surface area (Å²) in [5.74, 6) is 1.05. The summed E-state index contributed by atoms with van der Waals surface area (Å²) in [6.45, 7) is 0.618. The van der Waals surface area contributed by atoms with Gasteiger partial charge in [0.25, 0.3) is 0 Å². The average Bonchev–Trinajstić information content (AvgIpc) is 2.52. The van der Waals surface area contributed by atoms with Crippen LogP contribution < -0.4 is 5.32 Å². The van der Waals surface area contributed by atoms with E-state index in [0.29, 0.717) is 19.4 Å². The van der Waals surface area contributed by atoms with E-state index < -0.39 is 0 Å². The molecule has 0 atom stereocenters. The molecule has 2 aromatic carbocycles. The van der Waals surface area contributed by atoms with E-state index in [1.807, 2.05) is 36.4 Å². The Morgan fingerprint density at radius 2 is 1.86 bits per heavy atom. The molecule has 2 aromatic rings. The van der Waals surface area contributed by atoms with E-state index >= 15 is 0 Å². The van der Waals surface area contributed by atoms with Gasteiger partial charge in [0.15, 0.2) is 0 Å². The van der Waals surface area contributed by atoms with Crippen molar-refractivity contribution in [3.8, 4) is 5.75 Å². The minimum atomic E-state index is -0.0000378. The van der Waals surface area contributed by atoms with Gasteiger partial charge in [-0.15, -0.1) is 11.8 Å². The fraction of sp³-hybridized carbons (Fsp3) is 0.235. The zero-order valence-corrected chi connectivity index (χ0v) is 13.7. The molecule has 0 unspecified atom stereocenters. The van der Waals surface area contributed by atoms with Gasteiger partial charge in [-0.1, -0.05) is 29.8 Å². The van der Waals surface area contributed by atoms with Gasteiger partial charge < -0.3 is 10.4 Å². The summed E-state index contributed by atoms with van der Waals surface area (Å²) in [6, 6.07) is 14.7. The number of carbonyl (C=O) groups excluding carboxylic acids is 1. The zero-order valence-electron chi connectivity index (χ0n) is 12.1. The minimum absolute atomic E-state index is 0.0000378. The lowest BCUT2D eigenvalue weighted by atomic mass is 10.1. The molecular formula is C17H18ClNO2S. The molecule has 0 aliphatic carbocycles. The number of carbonyl (C=O) groups is 1.